The van der Waals surface area contributed by atoms with E-state index in [9.17, 15) is 4.79 Å². The lowest BCUT2D eigenvalue weighted by Gasteiger charge is -2.21. The van der Waals surface area contributed by atoms with Crippen LogP contribution in [0.3, 0.4) is 0 Å². The molecule has 0 radical (unpaired) electrons. The number of carbonyl (C=O) groups excluding carboxylic acids is 1. The van der Waals surface area contributed by atoms with Crippen molar-refractivity contribution in [3.8, 4) is 0 Å². The smallest absolute Gasteiger partial charge is 0.308 e. The molecule has 0 rings (SSSR count). The van der Waals surface area contributed by atoms with Gasteiger partial charge in [0, 0.05) is 0 Å². The second-order valence-electron chi connectivity index (χ2n) is 4.56. The van der Waals surface area contributed by atoms with Crippen LogP contribution in [0.2, 0.25) is 0 Å². The summed E-state index contributed by atoms with van der Waals surface area (Å²) in [5.74, 6) is -0.310. The fourth-order valence-corrected chi connectivity index (χ4v) is 1.29. The SMILES string of the molecule is CC(CC(C)(C)C)C(=O)OCCO. The predicted molar refractivity (Wildman–Crippen MR) is 51.3 cm³/mol. The number of aliphatic hydroxyl groups is 1. The Labute approximate surface area is 80.1 Å². The van der Waals surface area contributed by atoms with E-state index in [4.69, 9.17) is 9.84 Å². The van der Waals surface area contributed by atoms with E-state index in [1.54, 1.807) is 0 Å². The van der Waals surface area contributed by atoms with E-state index >= 15 is 0 Å². The molecule has 78 valence electrons. The summed E-state index contributed by atoms with van der Waals surface area (Å²) in [4.78, 5) is 11.2. The third-order valence-corrected chi connectivity index (χ3v) is 1.66. The summed E-state index contributed by atoms with van der Waals surface area (Å²) >= 11 is 0. The molecule has 3 nitrogen and oxygen atoms in total. The molecule has 0 heterocycles. The Bertz CT molecular complexity index is 158. The zero-order chi connectivity index (χ0) is 10.5. The lowest BCUT2D eigenvalue weighted by Crippen LogP contribution is -2.21. The Morgan fingerprint density at radius 3 is 2.38 bits per heavy atom. The largest absolute Gasteiger partial charge is 0.463 e. The van der Waals surface area contributed by atoms with Crippen LogP contribution in [-0.4, -0.2) is 24.3 Å². The second kappa shape index (κ2) is 5.22. The molecule has 0 aliphatic heterocycles. The number of rotatable bonds is 4. The van der Waals surface area contributed by atoms with Crippen molar-refractivity contribution >= 4 is 5.97 Å². The van der Waals surface area contributed by atoms with Crippen molar-refractivity contribution in [3.05, 3.63) is 0 Å². The second-order valence-corrected chi connectivity index (χ2v) is 4.56. The number of esters is 1. The molecule has 0 spiro atoms. The molecule has 0 fully saturated rings. The molecule has 0 aliphatic rings. The quantitative estimate of drug-likeness (QED) is 0.681. The molecule has 0 bridgehead atoms. The van der Waals surface area contributed by atoms with E-state index < -0.39 is 0 Å². The molecular weight excluding hydrogens is 168 g/mol. The third kappa shape index (κ3) is 6.58. The molecular formula is C10H20O3. The van der Waals surface area contributed by atoms with Gasteiger partial charge in [-0.15, -0.1) is 0 Å². The van der Waals surface area contributed by atoms with Gasteiger partial charge in [0.2, 0.25) is 0 Å². The highest BCUT2D eigenvalue weighted by Gasteiger charge is 2.21. The first-order valence-electron chi connectivity index (χ1n) is 4.64. The first kappa shape index (κ1) is 12.4. The van der Waals surface area contributed by atoms with E-state index in [2.05, 4.69) is 20.8 Å². The average Bonchev–Trinajstić information content (AvgIpc) is 1.96. The summed E-state index contributed by atoms with van der Waals surface area (Å²) in [6, 6.07) is 0. The van der Waals surface area contributed by atoms with Gasteiger partial charge >= 0.3 is 5.97 Å². The Morgan fingerprint density at radius 1 is 1.46 bits per heavy atom. The van der Waals surface area contributed by atoms with Gasteiger partial charge in [-0.2, -0.15) is 0 Å². The van der Waals surface area contributed by atoms with Crippen molar-refractivity contribution < 1.29 is 14.6 Å². The topological polar surface area (TPSA) is 46.5 Å². The van der Waals surface area contributed by atoms with E-state index in [1.165, 1.54) is 0 Å². The molecule has 0 aromatic rings. The number of hydrogen-bond acceptors (Lipinski definition) is 3. The van der Waals surface area contributed by atoms with Gasteiger partial charge in [-0.1, -0.05) is 27.7 Å². The van der Waals surface area contributed by atoms with Crippen molar-refractivity contribution in [1.29, 1.82) is 0 Å². The van der Waals surface area contributed by atoms with Gasteiger partial charge in [-0.25, -0.2) is 0 Å². The highest BCUT2D eigenvalue weighted by Crippen LogP contribution is 2.24. The first-order chi connectivity index (χ1) is 5.87. The lowest BCUT2D eigenvalue weighted by molar-refractivity contribution is -0.149. The van der Waals surface area contributed by atoms with Gasteiger partial charge < -0.3 is 9.84 Å². The fraction of sp³-hybridized carbons (Fsp3) is 0.900. The summed E-state index contributed by atoms with van der Waals surface area (Å²) in [5.41, 5.74) is 0.137. The van der Waals surface area contributed by atoms with E-state index in [0.717, 1.165) is 6.42 Å². The molecule has 0 saturated heterocycles. The van der Waals surface area contributed by atoms with Gasteiger partial charge in [-0.05, 0) is 11.8 Å². The third-order valence-electron chi connectivity index (χ3n) is 1.66. The standard InChI is InChI=1S/C10H20O3/c1-8(7-10(2,3)4)9(12)13-6-5-11/h8,11H,5-7H2,1-4H3. The fourth-order valence-electron chi connectivity index (χ4n) is 1.29. The zero-order valence-electron chi connectivity index (χ0n) is 8.96. The van der Waals surface area contributed by atoms with Crippen molar-refractivity contribution in [3.63, 3.8) is 0 Å². The highest BCUT2D eigenvalue weighted by molar-refractivity contribution is 5.71. The molecule has 1 unspecified atom stereocenters. The van der Waals surface area contributed by atoms with Crippen molar-refractivity contribution in [2.75, 3.05) is 13.2 Å². The van der Waals surface area contributed by atoms with Gasteiger partial charge in [-0.3, -0.25) is 4.79 Å². The lowest BCUT2D eigenvalue weighted by atomic mass is 9.85. The van der Waals surface area contributed by atoms with Gasteiger partial charge in [0.15, 0.2) is 0 Å². The Kier molecular flexibility index (Phi) is 4.99. The minimum atomic E-state index is -0.219. The van der Waals surface area contributed by atoms with Crippen molar-refractivity contribution in [1.82, 2.24) is 0 Å². The van der Waals surface area contributed by atoms with E-state index in [0.29, 0.717) is 0 Å². The maximum absolute atomic E-state index is 11.2. The monoisotopic (exact) mass is 188 g/mol. The maximum Gasteiger partial charge on any atom is 0.308 e. The molecule has 1 atom stereocenters. The van der Waals surface area contributed by atoms with Crippen LogP contribution in [0.4, 0.5) is 0 Å². The predicted octanol–water partition coefficient (Wildman–Crippen LogP) is 1.59. The minimum Gasteiger partial charge on any atom is -0.463 e. The summed E-state index contributed by atoms with van der Waals surface area (Å²) in [6.45, 7) is 8.11. The van der Waals surface area contributed by atoms with E-state index in [1.807, 2.05) is 6.92 Å². The number of hydrogen-bond donors (Lipinski definition) is 1. The summed E-state index contributed by atoms with van der Waals surface area (Å²) in [6.07, 6.45) is 0.803. The Hall–Kier alpha value is -0.570. The van der Waals surface area contributed by atoms with Gasteiger partial charge in [0.05, 0.1) is 12.5 Å². The number of aliphatic hydroxyl groups excluding tert-OH is 1. The van der Waals surface area contributed by atoms with Crippen LogP contribution >= 0.6 is 0 Å². The maximum atomic E-state index is 11.2. The number of ether oxygens (including phenoxy) is 1. The van der Waals surface area contributed by atoms with Crippen LogP contribution in [-0.2, 0) is 9.53 Å². The van der Waals surface area contributed by atoms with Gasteiger partial charge in [0.1, 0.15) is 6.61 Å². The molecule has 3 heteroatoms. The normalized spacial score (nSPS) is 13.9. The zero-order valence-corrected chi connectivity index (χ0v) is 8.96. The molecule has 0 saturated carbocycles. The molecule has 13 heavy (non-hydrogen) atoms. The van der Waals surface area contributed by atoms with Crippen molar-refractivity contribution in [2.24, 2.45) is 11.3 Å². The Morgan fingerprint density at radius 2 is 2.00 bits per heavy atom. The minimum absolute atomic E-state index is 0.0912. The molecule has 0 amide bonds. The van der Waals surface area contributed by atoms with Crippen LogP contribution in [0, 0.1) is 11.3 Å². The molecule has 0 aliphatic carbocycles. The number of carbonyl (C=O) groups is 1. The van der Waals surface area contributed by atoms with Gasteiger partial charge in [0.25, 0.3) is 0 Å². The molecule has 1 N–H and O–H groups in total. The first-order valence-corrected chi connectivity index (χ1v) is 4.64. The van der Waals surface area contributed by atoms with Crippen LogP contribution in [0.25, 0.3) is 0 Å². The van der Waals surface area contributed by atoms with Crippen LogP contribution in [0.15, 0.2) is 0 Å². The van der Waals surface area contributed by atoms with Crippen molar-refractivity contribution in [2.45, 2.75) is 34.1 Å². The molecule has 0 aromatic carbocycles. The van der Waals surface area contributed by atoms with Crippen LogP contribution < -0.4 is 0 Å². The van der Waals surface area contributed by atoms with Crippen LogP contribution in [0.1, 0.15) is 34.1 Å². The summed E-state index contributed by atoms with van der Waals surface area (Å²) < 4.78 is 4.81. The van der Waals surface area contributed by atoms with Crippen LogP contribution in [0.5, 0.6) is 0 Å². The van der Waals surface area contributed by atoms with E-state index in [-0.39, 0.29) is 30.5 Å². The summed E-state index contributed by atoms with van der Waals surface area (Å²) in [7, 11) is 0. The average molecular weight is 188 g/mol. The summed E-state index contributed by atoms with van der Waals surface area (Å²) in [5, 5.41) is 8.45. The molecule has 0 aromatic heterocycles. The highest BCUT2D eigenvalue weighted by atomic mass is 16.5. The Balaban J connectivity index is 3.83.